The Kier molecular flexibility index (Phi) is 2.25. The highest BCUT2D eigenvalue weighted by molar-refractivity contribution is 6.16. The van der Waals surface area contributed by atoms with E-state index >= 15 is 0 Å². The maximum Gasteiger partial charge on any atom is 0.167 e. The summed E-state index contributed by atoms with van der Waals surface area (Å²) in [6.07, 6.45) is 3.55. The van der Waals surface area contributed by atoms with Gasteiger partial charge in [0.15, 0.2) is 11.6 Å². The fourth-order valence-electron chi connectivity index (χ4n) is 2.94. The molecule has 0 aromatic heterocycles. The van der Waals surface area contributed by atoms with E-state index in [1.165, 1.54) is 5.57 Å². The third-order valence-corrected chi connectivity index (χ3v) is 3.88. The molecule has 2 aliphatic rings. The average Bonchev–Trinajstić information content (AvgIpc) is 2.36. The molecule has 0 spiro atoms. The summed E-state index contributed by atoms with van der Waals surface area (Å²) in [6, 6.07) is 7.21. The molecule has 17 heavy (non-hydrogen) atoms. The van der Waals surface area contributed by atoms with Gasteiger partial charge in [0.2, 0.25) is 0 Å². The van der Waals surface area contributed by atoms with Gasteiger partial charge in [-0.1, -0.05) is 35.9 Å². The van der Waals surface area contributed by atoms with Gasteiger partial charge in [-0.25, -0.2) is 0 Å². The fourth-order valence-corrected chi connectivity index (χ4v) is 2.94. The minimum absolute atomic E-state index is 0.123. The molecule has 0 saturated carbocycles. The topological polar surface area (TPSA) is 34.1 Å². The van der Waals surface area contributed by atoms with E-state index in [1.807, 2.05) is 19.1 Å². The van der Waals surface area contributed by atoms with Gasteiger partial charge in [-0.15, -0.1) is 0 Å². The predicted octanol–water partition coefficient (Wildman–Crippen LogP) is 3.04. The van der Waals surface area contributed by atoms with Crippen molar-refractivity contribution in [2.24, 2.45) is 11.8 Å². The Bertz CT molecular complexity index is 540. The molecule has 0 fully saturated rings. The van der Waals surface area contributed by atoms with E-state index in [-0.39, 0.29) is 23.4 Å². The minimum Gasteiger partial charge on any atom is -0.294 e. The number of ketones is 2. The highest BCUT2D eigenvalue weighted by atomic mass is 16.1. The van der Waals surface area contributed by atoms with Crippen molar-refractivity contribution in [1.29, 1.82) is 0 Å². The van der Waals surface area contributed by atoms with Crippen LogP contribution in [0.5, 0.6) is 0 Å². The summed E-state index contributed by atoms with van der Waals surface area (Å²) in [7, 11) is 0. The lowest BCUT2D eigenvalue weighted by molar-refractivity contribution is 0.0725. The van der Waals surface area contributed by atoms with E-state index in [9.17, 15) is 9.59 Å². The SMILES string of the molecule is CC1=CC[C@H]2C(=O)c3ccccc3C(=O)[C@@H]2C1. The van der Waals surface area contributed by atoms with Crippen LogP contribution < -0.4 is 0 Å². The maximum absolute atomic E-state index is 12.4. The van der Waals surface area contributed by atoms with Crippen molar-refractivity contribution in [3.8, 4) is 0 Å². The molecule has 0 aliphatic heterocycles. The molecule has 0 radical (unpaired) electrons. The summed E-state index contributed by atoms with van der Waals surface area (Å²) in [4.78, 5) is 24.7. The first-order valence-electron chi connectivity index (χ1n) is 6.01. The molecule has 0 heterocycles. The normalized spacial score (nSPS) is 27.2. The molecule has 0 bridgehead atoms. The van der Waals surface area contributed by atoms with Gasteiger partial charge in [0.05, 0.1) is 0 Å². The molecule has 0 amide bonds. The van der Waals surface area contributed by atoms with E-state index in [4.69, 9.17) is 0 Å². The van der Waals surface area contributed by atoms with Crippen LogP contribution in [-0.4, -0.2) is 11.6 Å². The third kappa shape index (κ3) is 1.47. The number of fused-ring (bicyclic) bond motifs is 2. The highest BCUT2D eigenvalue weighted by Gasteiger charge is 2.41. The Hall–Kier alpha value is -1.70. The molecule has 2 aliphatic carbocycles. The maximum atomic E-state index is 12.4. The van der Waals surface area contributed by atoms with Crippen molar-refractivity contribution < 1.29 is 9.59 Å². The average molecular weight is 226 g/mol. The quantitative estimate of drug-likeness (QED) is 0.637. The van der Waals surface area contributed by atoms with E-state index in [1.54, 1.807) is 12.1 Å². The second kappa shape index (κ2) is 3.66. The molecule has 1 aromatic carbocycles. The Balaban J connectivity index is 2.12. The summed E-state index contributed by atoms with van der Waals surface area (Å²) < 4.78 is 0. The van der Waals surface area contributed by atoms with Crippen LogP contribution in [0.15, 0.2) is 35.9 Å². The number of hydrogen-bond donors (Lipinski definition) is 0. The lowest BCUT2D eigenvalue weighted by atomic mass is 9.68. The molecular formula is C15H14O2. The Morgan fingerprint density at radius 3 is 2.24 bits per heavy atom. The predicted molar refractivity (Wildman–Crippen MR) is 65.1 cm³/mol. The number of allylic oxidation sites excluding steroid dienone is 2. The van der Waals surface area contributed by atoms with E-state index in [0.29, 0.717) is 11.1 Å². The van der Waals surface area contributed by atoms with Crippen LogP contribution in [0.1, 0.15) is 40.5 Å². The van der Waals surface area contributed by atoms with Crippen molar-refractivity contribution in [3.63, 3.8) is 0 Å². The number of rotatable bonds is 0. The van der Waals surface area contributed by atoms with Gasteiger partial charge in [0.1, 0.15) is 0 Å². The van der Waals surface area contributed by atoms with Gasteiger partial charge in [-0.2, -0.15) is 0 Å². The van der Waals surface area contributed by atoms with Crippen LogP contribution in [0.4, 0.5) is 0 Å². The number of carbonyl (C=O) groups is 2. The highest BCUT2D eigenvalue weighted by Crippen LogP contribution is 2.38. The zero-order valence-electron chi connectivity index (χ0n) is 9.77. The van der Waals surface area contributed by atoms with Crippen molar-refractivity contribution in [1.82, 2.24) is 0 Å². The summed E-state index contributed by atoms with van der Waals surface area (Å²) in [6.45, 7) is 2.04. The minimum atomic E-state index is -0.124. The van der Waals surface area contributed by atoms with Crippen LogP contribution in [0.25, 0.3) is 0 Å². The standard InChI is InChI=1S/C15H14O2/c1-9-6-7-12-13(8-9)15(17)11-5-3-2-4-10(11)14(12)16/h2-6,12-13H,7-8H2,1H3/t12-,13-/m1/s1. The number of Topliss-reactive ketones (excluding diaryl/α,β-unsaturated/α-hetero) is 2. The summed E-state index contributed by atoms with van der Waals surface area (Å²) in [5, 5.41) is 0. The Labute approximate surface area is 100 Å². The van der Waals surface area contributed by atoms with Crippen molar-refractivity contribution in [2.75, 3.05) is 0 Å². The molecule has 0 unspecified atom stereocenters. The molecule has 3 rings (SSSR count). The second-order valence-electron chi connectivity index (χ2n) is 4.98. The first kappa shape index (κ1) is 10.5. The van der Waals surface area contributed by atoms with Gasteiger partial charge in [-0.3, -0.25) is 9.59 Å². The number of benzene rings is 1. The molecular weight excluding hydrogens is 212 g/mol. The molecule has 2 heteroatoms. The van der Waals surface area contributed by atoms with Crippen LogP contribution >= 0.6 is 0 Å². The monoisotopic (exact) mass is 226 g/mol. The zero-order chi connectivity index (χ0) is 12.0. The number of hydrogen-bond acceptors (Lipinski definition) is 2. The molecule has 0 N–H and O–H groups in total. The molecule has 2 nitrogen and oxygen atoms in total. The van der Waals surface area contributed by atoms with Crippen LogP contribution in [0, 0.1) is 11.8 Å². The van der Waals surface area contributed by atoms with Crippen molar-refractivity contribution >= 4 is 11.6 Å². The summed E-state index contributed by atoms with van der Waals surface area (Å²) in [5.41, 5.74) is 2.46. The molecule has 2 atom stereocenters. The van der Waals surface area contributed by atoms with Crippen LogP contribution in [-0.2, 0) is 0 Å². The lowest BCUT2D eigenvalue weighted by Crippen LogP contribution is -2.38. The molecule has 1 aromatic rings. The van der Waals surface area contributed by atoms with Gasteiger partial charge >= 0.3 is 0 Å². The van der Waals surface area contributed by atoms with Gasteiger partial charge in [0.25, 0.3) is 0 Å². The Morgan fingerprint density at radius 2 is 1.59 bits per heavy atom. The largest absolute Gasteiger partial charge is 0.294 e. The van der Waals surface area contributed by atoms with Gasteiger partial charge in [0, 0.05) is 23.0 Å². The van der Waals surface area contributed by atoms with E-state index in [2.05, 4.69) is 6.08 Å². The van der Waals surface area contributed by atoms with E-state index < -0.39 is 0 Å². The van der Waals surface area contributed by atoms with E-state index in [0.717, 1.165) is 12.8 Å². The lowest BCUT2D eigenvalue weighted by Gasteiger charge is -2.33. The van der Waals surface area contributed by atoms with Crippen molar-refractivity contribution in [2.45, 2.75) is 19.8 Å². The smallest absolute Gasteiger partial charge is 0.167 e. The van der Waals surface area contributed by atoms with Gasteiger partial charge in [-0.05, 0) is 19.8 Å². The zero-order valence-corrected chi connectivity index (χ0v) is 9.77. The Morgan fingerprint density at radius 1 is 1.00 bits per heavy atom. The third-order valence-electron chi connectivity index (χ3n) is 3.88. The van der Waals surface area contributed by atoms with Crippen molar-refractivity contribution in [3.05, 3.63) is 47.0 Å². The van der Waals surface area contributed by atoms with Crippen LogP contribution in [0.3, 0.4) is 0 Å². The number of carbonyl (C=O) groups excluding carboxylic acids is 2. The first-order chi connectivity index (χ1) is 8.18. The molecule has 0 saturated heterocycles. The first-order valence-corrected chi connectivity index (χ1v) is 6.01. The van der Waals surface area contributed by atoms with Crippen LogP contribution in [0.2, 0.25) is 0 Å². The molecule has 86 valence electrons. The second-order valence-corrected chi connectivity index (χ2v) is 4.98. The fraction of sp³-hybridized carbons (Fsp3) is 0.333. The summed E-state index contributed by atoms with van der Waals surface area (Å²) >= 11 is 0. The van der Waals surface area contributed by atoms with Gasteiger partial charge < -0.3 is 0 Å². The summed E-state index contributed by atoms with van der Waals surface area (Å²) in [5.74, 6) is 0.0510.